The van der Waals surface area contributed by atoms with E-state index >= 15 is 0 Å². The van der Waals surface area contributed by atoms with Crippen molar-refractivity contribution in [3.05, 3.63) is 66.0 Å². The van der Waals surface area contributed by atoms with Crippen molar-refractivity contribution in [2.45, 2.75) is 6.73 Å². The number of halogens is 2. The van der Waals surface area contributed by atoms with E-state index in [9.17, 15) is 18.7 Å². The number of carboxylic acids is 1. The van der Waals surface area contributed by atoms with Crippen molar-refractivity contribution in [1.29, 1.82) is 0 Å². The summed E-state index contributed by atoms with van der Waals surface area (Å²) in [5.41, 5.74) is 1.63. The first-order valence-corrected chi connectivity index (χ1v) is 13.3. The van der Waals surface area contributed by atoms with E-state index in [-0.39, 0.29) is 23.6 Å². The van der Waals surface area contributed by atoms with Crippen LogP contribution in [-0.2, 0) is 11.5 Å². The van der Waals surface area contributed by atoms with Crippen molar-refractivity contribution in [2.24, 2.45) is 0 Å². The molecular formula is C24H25F2N3O3S. The maximum atomic E-state index is 14.8. The molecule has 0 spiro atoms. The van der Waals surface area contributed by atoms with Crippen molar-refractivity contribution in [3.8, 4) is 22.5 Å². The zero-order chi connectivity index (χ0) is 23.8. The van der Waals surface area contributed by atoms with Crippen LogP contribution in [0.15, 0.2) is 48.8 Å². The summed E-state index contributed by atoms with van der Waals surface area (Å²) in [6.07, 6.45) is 9.87. The predicted molar refractivity (Wildman–Crippen MR) is 128 cm³/mol. The maximum absolute atomic E-state index is 14.8. The lowest BCUT2D eigenvalue weighted by molar-refractivity contribution is 0.0696. The van der Waals surface area contributed by atoms with E-state index in [2.05, 4.69) is 28.7 Å². The largest absolute Gasteiger partial charge is 0.478 e. The van der Waals surface area contributed by atoms with Gasteiger partial charge in [0.25, 0.3) is 0 Å². The molecule has 3 aromatic heterocycles. The third-order valence-electron chi connectivity index (χ3n) is 5.33. The van der Waals surface area contributed by atoms with Crippen molar-refractivity contribution in [2.75, 3.05) is 31.1 Å². The Morgan fingerprint density at radius 3 is 2.70 bits per heavy atom. The first-order valence-electron chi connectivity index (χ1n) is 10.2. The van der Waals surface area contributed by atoms with Crippen molar-refractivity contribution >= 4 is 27.0 Å². The number of fused-ring (bicyclic) bond motifs is 1. The van der Waals surface area contributed by atoms with E-state index in [1.54, 1.807) is 23.0 Å². The zero-order valence-corrected chi connectivity index (χ0v) is 19.4. The van der Waals surface area contributed by atoms with Crippen LogP contribution in [0.1, 0.15) is 10.4 Å². The van der Waals surface area contributed by atoms with E-state index in [0.29, 0.717) is 23.5 Å². The van der Waals surface area contributed by atoms with Crippen LogP contribution in [0, 0.1) is 11.6 Å². The van der Waals surface area contributed by atoms with Gasteiger partial charge in [-0.1, -0.05) is 6.07 Å². The molecule has 4 aromatic rings. The minimum absolute atomic E-state index is 0.0162. The summed E-state index contributed by atoms with van der Waals surface area (Å²) in [5, 5.41) is 10.7. The van der Waals surface area contributed by atoms with Gasteiger partial charge in [0.05, 0.1) is 23.6 Å². The number of carbonyl (C=O) groups is 1. The molecule has 174 valence electrons. The first-order chi connectivity index (χ1) is 15.7. The normalized spacial score (nSPS) is 12.4. The number of hydrogen-bond acceptors (Lipinski definition) is 3. The minimum atomic E-state index is -1.24. The van der Waals surface area contributed by atoms with Gasteiger partial charge in [0.2, 0.25) is 0 Å². The van der Waals surface area contributed by atoms with Crippen LogP contribution < -0.4 is 0 Å². The average Bonchev–Trinajstić information content (AvgIpc) is 3.37. The van der Waals surface area contributed by atoms with Crippen LogP contribution in [0.5, 0.6) is 0 Å². The lowest BCUT2D eigenvalue weighted by Gasteiger charge is -2.25. The summed E-state index contributed by atoms with van der Waals surface area (Å²) in [5.74, 6) is -2.54. The Hall–Kier alpha value is -3.17. The van der Waals surface area contributed by atoms with Crippen LogP contribution in [0.3, 0.4) is 0 Å². The average molecular weight is 474 g/mol. The predicted octanol–water partition coefficient (Wildman–Crippen LogP) is 5.34. The molecule has 4 rings (SSSR count). The zero-order valence-electron chi connectivity index (χ0n) is 18.6. The summed E-state index contributed by atoms with van der Waals surface area (Å²) in [6.45, 7) is 0.442. The number of aromatic amines is 1. The number of benzene rings is 1. The van der Waals surface area contributed by atoms with E-state index in [0.717, 1.165) is 17.2 Å². The van der Waals surface area contributed by atoms with Crippen LogP contribution in [0.2, 0.25) is 0 Å². The molecule has 6 nitrogen and oxygen atoms in total. The molecule has 33 heavy (non-hydrogen) atoms. The van der Waals surface area contributed by atoms with Crippen LogP contribution >= 0.6 is 10.0 Å². The number of carboxylic acid groups (broad SMARTS) is 1. The summed E-state index contributed by atoms with van der Waals surface area (Å²) in [6, 6.07) is 8.81. The molecule has 0 aliphatic rings. The van der Waals surface area contributed by atoms with Crippen LogP contribution in [0.4, 0.5) is 8.78 Å². The van der Waals surface area contributed by atoms with Crippen molar-refractivity contribution < 1.29 is 23.4 Å². The van der Waals surface area contributed by atoms with Crippen LogP contribution in [0.25, 0.3) is 33.5 Å². The molecule has 0 saturated heterocycles. The summed E-state index contributed by atoms with van der Waals surface area (Å²) in [4.78, 5) is 19.5. The Bertz CT molecular complexity index is 1320. The molecule has 0 aliphatic heterocycles. The van der Waals surface area contributed by atoms with Gasteiger partial charge in [-0.05, 0) is 49.1 Å². The number of rotatable bonds is 8. The van der Waals surface area contributed by atoms with Gasteiger partial charge in [-0.15, -0.1) is 0 Å². The summed E-state index contributed by atoms with van der Waals surface area (Å²) in [7, 11) is -0.795. The van der Waals surface area contributed by atoms with Gasteiger partial charge in [-0.2, -0.15) is 0 Å². The Morgan fingerprint density at radius 1 is 1.18 bits per heavy atom. The third kappa shape index (κ3) is 4.65. The minimum Gasteiger partial charge on any atom is -0.478 e. The number of ether oxygens (including phenoxy) is 1. The monoisotopic (exact) mass is 473 g/mol. The van der Waals surface area contributed by atoms with Gasteiger partial charge in [-0.3, -0.25) is 0 Å². The Kier molecular flexibility index (Phi) is 6.27. The SMILES string of the molecule is CS(C)(C)CCOCn1c(-c2ccnc3[nH]ccc23)cc(C(=O)O)c1-c1cccc(F)c1F. The molecule has 2 N–H and O–H groups in total. The molecule has 3 heterocycles. The number of hydrogen-bond donors (Lipinski definition) is 2. The fourth-order valence-corrected chi connectivity index (χ4v) is 4.31. The molecular weight excluding hydrogens is 448 g/mol. The summed E-state index contributed by atoms with van der Waals surface area (Å²) >= 11 is 0. The second kappa shape index (κ2) is 8.99. The topological polar surface area (TPSA) is 80.1 Å². The standard InChI is InChI=1S/C24H25F2N3O3S/c1-33(2,3)12-11-32-14-29-20(15-7-9-27-23-16(15)8-10-28-23)13-18(24(30)31)22(29)17-5-4-6-19(25)21(17)26/h4-10,13H,11-12,14H2,1-3H3,(H,27,28)(H,30,31). The van der Waals surface area contributed by atoms with Gasteiger partial charge in [0.1, 0.15) is 12.4 Å². The molecule has 0 atom stereocenters. The smallest absolute Gasteiger partial charge is 0.337 e. The van der Waals surface area contributed by atoms with Gasteiger partial charge >= 0.3 is 5.97 Å². The molecule has 0 fully saturated rings. The van der Waals surface area contributed by atoms with E-state index in [1.807, 2.05) is 6.07 Å². The molecule has 0 unspecified atom stereocenters. The van der Waals surface area contributed by atoms with Gasteiger partial charge in [0.15, 0.2) is 11.6 Å². The van der Waals surface area contributed by atoms with E-state index < -0.39 is 27.6 Å². The Morgan fingerprint density at radius 2 is 1.97 bits per heavy atom. The third-order valence-corrected chi connectivity index (χ3v) is 6.72. The van der Waals surface area contributed by atoms with Crippen molar-refractivity contribution in [1.82, 2.24) is 14.5 Å². The highest BCUT2D eigenvalue weighted by Gasteiger charge is 2.26. The molecule has 0 saturated carbocycles. The van der Waals surface area contributed by atoms with Gasteiger partial charge in [-0.25, -0.2) is 28.6 Å². The van der Waals surface area contributed by atoms with Gasteiger partial charge < -0.3 is 19.4 Å². The number of nitrogens with zero attached hydrogens (tertiary/aromatic N) is 2. The first kappa shape index (κ1) is 23.0. The number of aromatic nitrogens is 3. The van der Waals surface area contributed by atoms with Gasteiger partial charge in [0, 0.05) is 34.7 Å². The molecule has 0 amide bonds. The molecule has 0 bridgehead atoms. The maximum Gasteiger partial charge on any atom is 0.337 e. The molecule has 9 heteroatoms. The lowest BCUT2D eigenvalue weighted by Crippen LogP contribution is -2.12. The Labute approximate surface area is 191 Å². The number of H-pyrrole nitrogens is 1. The Balaban J connectivity index is 1.92. The van der Waals surface area contributed by atoms with Crippen LogP contribution in [-0.4, -0.2) is 56.7 Å². The lowest BCUT2D eigenvalue weighted by atomic mass is 10.1. The highest BCUT2D eigenvalue weighted by atomic mass is 32.3. The van der Waals surface area contributed by atoms with E-state index in [1.165, 1.54) is 18.2 Å². The second-order valence-electron chi connectivity index (χ2n) is 8.56. The second-order valence-corrected chi connectivity index (χ2v) is 13.1. The molecule has 1 aromatic carbocycles. The summed E-state index contributed by atoms with van der Waals surface area (Å²) < 4.78 is 36.5. The fourth-order valence-electron chi connectivity index (χ4n) is 3.70. The number of pyridine rings is 1. The number of aromatic carboxylic acids is 1. The highest BCUT2D eigenvalue weighted by molar-refractivity contribution is 8.32. The quantitative estimate of drug-likeness (QED) is 0.339. The van der Waals surface area contributed by atoms with E-state index in [4.69, 9.17) is 4.74 Å². The number of nitrogens with one attached hydrogen (secondary N) is 1. The fraction of sp³-hybridized carbons (Fsp3) is 0.250. The molecule has 0 radical (unpaired) electrons. The van der Waals surface area contributed by atoms with Crippen molar-refractivity contribution in [3.63, 3.8) is 0 Å². The highest BCUT2D eigenvalue weighted by Crippen LogP contribution is 2.38. The molecule has 0 aliphatic carbocycles.